The highest BCUT2D eigenvalue weighted by Crippen LogP contribution is 2.32. The maximum atomic E-state index is 13.3. The summed E-state index contributed by atoms with van der Waals surface area (Å²) in [5, 5.41) is 9.81. The number of aliphatic hydroxyl groups is 1. The predicted octanol–water partition coefficient (Wildman–Crippen LogP) is 0.553. The van der Waals surface area contributed by atoms with E-state index in [9.17, 15) is 17.9 Å². The van der Waals surface area contributed by atoms with Crippen LogP contribution in [-0.2, 0) is 10.0 Å². The minimum absolute atomic E-state index is 0.0157. The third-order valence-electron chi connectivity index (χ3n) is 3.23. The second-order valence-corrected chi connectivity index (χ2v) is 6.41. The quantitative estimate of drug-likeness (QED) is 0.789. The normalized spacial score (nSPS) is 19.5. The summed E-state index contributed by atoms with van der Waals surface area (Å²) in [5.74, 6) is -0.762. The Bertz CT molecular complexity index is 568. The highest BCUT2D eigenvalue weighted by Gasteiger charge is 2.46. The van der Waals surface area contributed by atoms with E-state index in [2.05, 4.69) is 0 Å². The van der Waals surface area contributed by atoms with Crippen LogP contribution in [0.4, 0.5) is 10.1 Å². The Morgan fingerprint density at radius 3 is 2.67 bits per heavy atom. The van der Waals surface area contributed by atoms with E-state index in [1.165, 1.54) is 12.1 Å². The van der Waals surface area contributed by atoms with E-state index in [0.29, 0.717) is 6.42 Å². The molecule has 1 aromatic carbocycles. The van der Waals surface area contributed by atoms with Crippen molar-refractivity contribution in [3.63, 3.8) is 0 Å². The molecule has 5 nitrogen and oxygen atoms in total. The van der Waals surface area contributed by atoms with Gasteiger partial charge in [-0.3, -0.25) is 0 Å². The molecule has 0 amide bonds. The molecule has 1 fully saturated rings. The van der Waals surface area contributed by atoms with Crippen LogP contribution in [0.15, 0.2) is 23.1 Å². The molecule has 100 valence electrons. The van der Waals surface area contributed by atoms with Gasteiger partial charge in [-0.1, -0.05) is 13.0 Å². The maximum Gasteiger partial charge on any atom is 0.245 e. The molecule has 0 saturated carbocycles. The first-order valence-corrected chi connectivity index (χ1v) is 7.01. The maximum absolute atomic E-state index is 13.3. The molecule has 1 heterocycles. The van der Waals surface area contributed by atoms with Gasteiger partial charge in [0.25, 0.3) is 0 Å². The zero-order chi connectivity index (χ0) is 13.6. The molecule has 1 aliphatic rings. The van der Waals surface area contributed by atoms with Crippen LogP contribution in [0, 0.1) is 5.82 Å². The van der Waals surface area contributed by atoms with Crippen LogP contribution in [0.5, 0.6) is 0 Å². The average Bonchev–Trinajstić information content (AvgIpc) is 2.28. The van der Waals surface area contributed by atoms with Crippen molar-refractivity contribution in [2.24, 2.45) is 0 Å². The molecule has 0 spiro atoms. The fourth-order valence-electron chi connectivity index (χ4n) is 1.89. The second-order valence-electron chi connectivity index (χ2n) is 4.50. The third-order valence-corrected chi connectivity index (χ3v) is 5.08. The minimum atomic E-state index is -3.83. The number of halogens is 1. The number of para-hydroxylation sites is 1. The molecule has 0 bridgehead atoms. The Labute approximate surface area is 105 Å². The van der Waals surface area contributed by atoms with Crippen molar-refractivity contribution in [2.75, 3.05) is 18.8 Å². The van der Waals surface area contributed by atoms with Crippen molar-refractivity contribution in [1.82, 2.24) is 4.31 Å². The molecule has 0 atom stereocenters. The van der Waals surface area contributed by atoms with Crippen molar-refractivity contribution in [3.8, 4) is 0 Å². The van der Waals surface area contributed by atoms with Crippen molar-refractivity contribution in [1.29, 1.82) is 0 Å². The number of sulfonamides is 1. The molecular weight excluding hydrogens is 259 g/mol. The smallest absolute Gasteiger partial charge is 0.245 e. The topological polar surface area (TPSA) is 83.6 Å². The van der Waals surface area contributed by atoms with Crippen molar-refractivity contribution < 1.29 is 17.9 Å². The fraction of sp³-hybridized carbons (Fsp3) is 0.455. The summed E-state index contributed by atoms with van der Waals surface area (Å²) in [6, 6.07) is 3.66. The van der Waals surface area contributed by atoms with Crippen LogP contribution in [0.25, 0.3) is 0 Å². The highest BCUT2D eigenvalue weighted by molar-refractivity contribution is 7.89. The first kappa shape index (κ1) is 13.3. The highest BCUT2D eigenvalue weighted by atomic mass is 32.2. The summed E-state index contributed by atoms with van der Waals surface area (Å²) in [6.45, 7) is 1.81. The van der Waals surface area contributed by atoms with Gasteiger partial charge in [0.2, 0.25) is 10.0 Å². The molecule has 0 unspecified atom stereocenters. The molecular formula is C11H15FN2O3S. The first-order chi connectivity index (χ1) is 8.30. The van der Waals surface area contributed by atoms with E-state index in [4.69, 9.17) is 5.73 Å². The predicted molar refractivity (Wildman–Crippen MR) is 64.8 cm³/mol. The summed E-state index contributed by atoms with van der Waals surface area (Å²) in [7, 11) is -3.83. The SMILES string of the molecule is CCC1(O)CN(S(=O)(=O)c2cccc(F)c2N)C1. The van der Waals surface area contributed by atoms with E-state index in [1.54, 1.807) is 6.92 Å². The van der Waals surface area contributed by atoms with Crippen LogP contribution in [0.3, 0.4) is 0 Å². The standard InChI is InChI=1S/C11H15FN2O3S/c1-2-11(15)6-14(7-11)18(16,17)9-5-3-4-8(12)10(9)13/h3-5,15H,2,6-7,13H2,1H3. The van der Waals surface area contributed by atoms with Crippen molar-refractivity contribution in [3.05, 3.63) is 24.0 Å². The lowest BCUT2D eigenvalue weighted by atomic mass is 9.94. The Morgan fingerprint density at radius 1 is 1.50 bits per heavy atom. The van der Waals surface area contributed by atoms with Crippen molar-refractivity contribution in [2.45, 2.75) is 23.8 Å². The summed E-state index contributed by atoms with van der Waals surface area (Å²) >= 11 is 0. The zero-order valence-electron chi connectivity index (χ0n) is 9.93. The summed E-state index contributed by atoms with van der Waals surface area (Å²) in [4.78, 5) is -0.249. The lowest BCUT2D eigenvalue weighted by molar-refractivity contribution is -0.0613. The van der Waals surface area contributed by atoms with Gasteiger partial charge in [0.1, 0.15) is 10.7 Å². The largest absolute Gasteiger partial charge is 0.395 e. The Kier molecular flexibility index (Phi) is 3.08. The molecule has 7 heteroatoms. The average molecular weight is 274 g/mol. The molecule has 0 aromatic heterocycles. The van der Waals surface area contributed by atoms with E-state index in [0.717, 1.165) is 10.4 Å². The van der Waals surface area contributed by atoms with Gasteiger partial charge in [-0.2, -0.15) is 4.31 Å². The van der Waals surface area contributed by atoms with E-state index in [-0.39, 0.29) is 23.7 Å². The van der Waals surface area contributed by atoms with Crippen LogP contribution in [0.2, 0.25) is 0 Å². The number of nitrogens with zero attached hydrogens (tertiary/aromatic N) is 1. The first-order valence-electron chi connectivity index (χ1n) is 5.57. The Morgan fingerprint density at radius 2 is 2.11 bits per heavy atom. The molecule has 2 rings (SSSR count). The lowest BCUT2D eigenvalue weighted by Crippen LogP contribution is -2.62. The van der Waals surface area contributed by atoms with Crippen LogP contribution in [-0.4, -0.2) is 36.5 Å². The van der Waals surface area contributed by atoms with Crippen molar-refractivity contribution >= 4 is 15.7 Å². The molecule has 1 aliphatic heterocycles. The molecule has 18 heavy (non-hydrogen) atoms. The molecule has 0 radical (unpaired) electrons. The lowest BCUT2D eigenvalue weighted by Gasteiger charge is -2.44. The van der Waals surface area contributed by atoms with Gasteiger partial charge >= 0.3 is 0 Å². The number of benzene rings is 1. The van der Waals surface area contributed by atoms with Gasteiger partial charge in [-0.15, -0.1) is 0 Å². The molecule has 1 aromatic rings. The van der Waals surface area contributed by atoms with Gasteiger partial charge in [0, 0.05) is 13.1 Å². The van der Waals surface area contributed by atoms with Crippen LogP contribution < -0.4 is 5.73 Å². The van der Waals surface area contributed by atoms with Crippen LogP contribution in [0.1, 0.15) is 13.3 Å². The number of nitrogens with two attached hydrogens (primary N) is 1. The fourth-order valence-corrected chi connectivity index (χ4v) is 3.61. The second kappa shape index (κ2) is 4.18. The van der Waals surface area contributed by atoms with Gasteiger partial charge in [0.15, 0.2) is 0 Å². The monoisotopic (exact) mass is 274 g/mol. The van der Waals surface area contributed by atoms with Gasteiger partial charge in [-0.25, -0.2) is 12.8 Å². The van der Waals surface area contributed by atoms with Gasteiger partial charge in [0.05, 0.1) is 11.3 Å². The van der Waals surface area contributed by atoms with Gasteiger partial charge < -0.3 is 10.8 Å². The Balaban J connectivity index is 2.31. The Hall–Kier alpha value is -1.18. The third kappa shape index (κ3) is 1.98. The number of anilines is 1. The van der Waals surface area contributed by atoms with E-state index >= 15 is 0 Å². The minimum Gasteiger partial charge on any atom is -0.395 e. The number of nitrogen functional groups attached to an aromatic ring is 1. The number of rotatable bonds is 3. The number of hydrogen-bond donors (Lipinski definition) is 2. The number of hydrogen-bond acceptors (Lipinski definition) is 4. The number of β-amino-alcohol motifs (C(OH)–C–C–N with tert-alkyl or cyclic N) is 1. The van der Waals surface area contributed by atoms with Crippen LogP contribution >= 0.6 is 0 Å². The summed E-state index contributed by atoms with van der Waals surface area (Å²) in [5.41, 5.74) is 4.08. The van der Waals surface area contributed by atoms with E-state index < -0.39 is 21.4 Å². The van der Waals surface area contributed by atoms with E-state index in [1.807, 2.05) is 0 Å². The molecule has 3 N–H and O–H groups in total. The summed E-state index contributed by atoms with van der Waals surface area (Å²) < 4.78 is 38.7. The zero-order valence-corrected chi connectivity index (χ0v) is 10.7. The summed E-state index contributed by atoms with van der Waals surface area (Å²) in [6.07, 6.45) is 0.470. The van der Waals surface area contributed by atoms with Gasteiger partial charge in [-0.05, 0) is 18.6 Å². The molecule has 1 saturated heterocycles. The molecule has 0 aliphatic carbocycles.